The number of aromatic nitrogens is 4. The summed E-state index contributed by atoms with van der Waals surface area (Å²) in [5.74, 6) is 0.394. The Bertz CT molecular complexity index is 674. The van der Waals surface area contributed by atoms with Gasteiger partial charge in [0.25, 0.3) is 0 Å². The van der Waals surface area contributed by atoms with Crippen LogP contribution in [0, 0.1) is 5.41 Å². The first kappa shape index (κ1) is 13.9. The summed E-state index contributed by atoms with van der Waals surface area (Å²) in [7, 11) is 0. The van der Waals surface area contributed by atoms with E-state index in [1.807, 2.05) is 4.52 Å². The van der Waals surface area contributed by atoms with E-state index in [9.17, 15) is 0 Å². The van der Waals surface area contributed by atoms with Gasteiger partial charge in [-0.3, -0.25) is 0 Å². The summed E-state index contributed by atoms with van der Waals surface area (Å²) in [6.07, 6.45) is 5.30. The van der Waals surface area contributed by atoms with E-state index >= 15 is 0 Å². The molecule has 2 aliphatic heterocycles. The van der Waals surface area contributed by atoms with E-state index in [1.165, 1.54) is 24.9 Å². The highest BCUT2D eigenvalue weighted by molar-refractivity contribution is 5.69. The van der Waals surface area contributed by atoms with Crippen molar-refractivity contribution in [3.8, 4) is 0 Å². The number of ether oxygens (including phenoxy) is 1. The van der Waals surface area contributed by atoms with Crippen LogP contribution in [0.1, 0.15) is 44.7 Å². The topological polar surface area (TPSA) is 55.5 Å². The van der Waals surface area contributed by atoms with E-state index in [2.05, 4.69) is 40.1 Å². The highest BCUT2D eigenvalue weighted by atomic mass is 16.5. The third kappa shape index (κ3) is 2.26. The van der Waals surface area contributed by atoms with Gasteiger partial charge in [-0.2, -0.15) is 9.61 Å². The molecule has 6 nitrogen and oxygen atoms in total. The fraction of sp³-hybridized carbons (Fsp3) is 0.688. The number of hydrogen-bond acceptors (Lipinski definition) is 5. The Hall–Kier alpha value is -1.69. The standard InChI is InChI=1S/C16H23N5O/c1-12(2)13-9-14(15-18-17-11-21(15)19-13)20-6-3-16(10-20)4-7-22-8-5-16/h9,11-12H,3-8,10H2,1-2H3. The summed E-state index contributed by atoms with van der Waals surface area (Å²) < 4.78 is 7.37. The summed E-state index contributed by atoms with van der Waals surface area (Å²) in [6, 6.07) is 2.20. The van der Waals surface area contributed by atoms with Crippen LogP contribution < -0.4 is 4.90 Å². The van der Waals surface area contributed by atoms with Crippen molar-refractivity contribution in [1.82, 2.24) is 19.8 Å². The molecule has 0 N–H and O–H groups in total. The zero-order valence-electron chi connectivity index (χ0n) is 13.3. The minimum atomic E-state index is 0.394. The molecule has 6 heteroatoms. The van der Waals surface area contributed by atoms with Crippen molar-refractivity contribution < 1.29 is 4.74 Å². The van der Waals surface area contributed by atoms with Crippen LogP contribution in [-0.2, 0) is 4.74 Å². The summed E-state index contributed by atoms with van der Waals surface area (Å²) in [4.78, 5) is 2.48. The van der Waals surface area contributed by atoms with E-state index < -0.39 is 0 Å². The second-order valence-electron chi connectivity index (χ2n) is 6.99. The van der Waals surface area contributed by atoms with Crippen molar-refractivity contribution in [3.05, 3.63) is 18.1 Å². The van der Waals surface area contributed by atoms with Gasteiger partial charge in [0.2, 0.25) is 5.65 Å². The van der Waals surface area contributed by atoms with Crippen LogP contribution in [0.15, 0.2) is 12.4 Å². The third-order valence-corrected chi connectivity index (χ3v) is 5.19. The summed E-state index contributed by atoms with van der Waals surface area (Å²) in [6.45, 7) is 8.34. The van der Waals surface area contributed by atoms with E-state index in [-0.39, 0.29) is 0 Å². The molecule has 0 unspecified atom stereocenters. The van der Waals surface area contributed by atoms with Crippen LogP contribution in [0.2, 0.25) is 0 Å². The first-order chi connectivity index (χ1) is 10.7. The molecule has 0 radical (unpaired) electrons. The lowest BCUT2D eigenvalue weighted by Crippen LogP contribution is -2.33. The first-order valence-corrected chi connectivity index (χ1v) is 8.21. The van der Waals surface area contributed by atoms with Crippen molar-refractivity contribution in [2.24, 2.45) is 5.41 Å². The summed E-state index contributed by atoms with van der Waals surface area (Å²) in [5.41, 5.74) is 3.57. The monoisotopic (exact) mass is 301 g/mol. The number of rotatable bonds is 2. The molecule has 4 rings (SSSR count). The van der Waals surface area contributed by atoms with Crippen LogP contribution >= 0.6 is 0 Å². The van der Waals surface area contributed by atoms with Crippen LogP contribution in [0.4, 0.5) is 5.69 Å². The molecule has 0 atom stereocenters. The molecule has 0 bridgehead atoms. The molecule has 0 aliphatic carbocycles. The lowest BCUT2D eigenvalue weighted by atomic mass is 9.80. The Kier molecular flexibility index (Phi) is 3.29. The van der Waals surface area contributed by atoms with Crippen LogP contribution in [0.3, 0.4) is 0 Å². The molecule has 118 valence electrons. The van der Waals surface area contributed by atoms with Gasteiger partial charge in [-0.25, -0.2) is 0 Å². The van der Waals surface area contributed by atoms with Crippen molar-refractivity contribution in [3.63, 3.8) is 0 Å². The Morgan fingerprint density at radius 2 is 2.05 bits per heavy atom. The Morgan fingerprint density at radius 1 is 1.23 bits per heavy atom. The predicted octanol–water partition coefficient (Wildman–Crippen LogP) is 2.25. The average molecular weight is 301 g/mol. The molecule has 1 spiro atoms. The van der Waals surface area contributed by atoms with Gasteiger partial charge in [0, 0.05) is 26.3 Å². The minimum absolute atomic E-state index is 0.394. The summed E-state index contributed by atoms with van der Waals surface area (Å²) >= 11 is 0. The van der Waals surface area contributed by atoms with Crippen LogP contribution in [0.25, 0.3) is 5.65 Å². The molecular formula is C16H23N5O. The van der Waals surface area contributed by atoms with E-state index in [1.54, 1.807) is 6.33 Å². The van der Waals surface area contributed by atoms with Gasteiger partial charge in [0.05, 0.1) is 11.4 Å². The van der Waals surface area contributed by atoms with Gasteiger partial charge in [-0.1, -0.05) is 13.8 Å². The summed E-state index contributed by atoms with van der Waals surface area (Å²) in [5, 5.41) is 12.9. The average Bonchev–Trinajstić information content (AvgIpc) is 3.14. The maximum absolute atomic E-state index is 5.55. The number of fused-ring (bicyclic) bond motifs is 1. The fourth-order valence-corrected chi connectivity index (χ4v) is 3.70. The largest absolute Gasteiger partial charge is 0.381 e. The number of nitrogens with zero attached hydrogens (tertiary/aromatic N) is 5. The zero-order chi connectivity index (χ0) is 15.2. The van der Waals surface area contributed by atoms with Crippen molar-refractivity contribution in [2.75, 3.05) is 31.2 Å². The third-order valence-electron chi connectivity index (χ3n) is 5.19. The van der Waals surface area contributed by atoms with E-state index in [0.29, 0.717) is 11.3 Å². The van der Waals surface area contributed by atoms with E-state index in [4.69, 9.17) is 4.74 Å². The molecular weight excluding hydrogens is 278 g/mol. The maximum Gasteiger partial charge on any atom is 0.200 e. The molecule has 22 heavy (non-hydrogen) atoms. The van der Waals surface area contributed by atoms with Crippen LogP contribution in [-0.4, -0.2) is 46.1 Å². The molecule has 2 aliphatic rings. The SMILES string of the molecule is CC(C)c1cc(N2CCC3(CCOCC3)C2)c2nncn2n1. The predicted molar refractivity (Wildman–Crippen MR) is 84.2 cm³/mol. The molecule has 2 saturated heterocycles. The molecule has 4 heterocycles. The van der Waals surface area contributed by atoms with E-state index in [0.717, 1.165) is 37.6 Å². The van der Waals surface area contributed by atoms with Gasteiger partial charge in [0.1, 0.15) is 6.33 Å². The lowest BCUT2D eigenvalue weighted by Gasteiger charge is -2.33. The van der Waals surface area contributed by atoms with Gasteiger partial charge >= 0.3 is 0 Å². The molecule has 2 aromatic heterocycles. The fourth-order valence-electron chi connectivity index (χ4n) is 3.70. The molecule has 0 amide bonds. The normalized spacial score (nSPS) is 21.3. The Labute approximate surface area is 130 Å². The van der Waals surface area contributed by atoms with Gasteiger partial charge in [-0.15, -0.1) is 10.2 Å². The lowest BCUT2D eigenvalue weighted by molar-refractivity contribution is 0.0254. The van der Waals surface area contributed by atoms with Gasteiger partial charge < -0.3 is 9.64 Å². The highest BCUT2D eigenvalue weighted by Gasteiger charge is 2.40. The van der Waals surface area contributed by atoms with Gasteiger partial charge in [-0.05, 0) is 36.7 Å². The minimum Gasteiger partial charge on any atom is -0.381 e. The maximum atomic E-state index is 5.55. The highest BCUT2D eigenvalue weighted by Crippen LogP contribution is 2.42. The number of anilines is 1. The quantitative estimate of drug-likeness (QED) is 0.851. The Balaban J connectivity index is 1.70. The molecule has 2 aromatic rings. The van der Waals surface area contributed by atoms with Crippen molar-refractivity contribution >= 4 is 11.3 Å². The molecule has 0 saturated carbocycles. The van der Waals surface area contributed by atoms with Gasteiger partial charge in [0.15, 0.2) is 0 Å². The molecule has 2 fully saturated rings. The second-order valence-corrected chi connectivity index (χ2v) is 6.99. The second kappa shape index (κ2) is 5.19. The van der Waals surface area contributed by atoms with Crippen LogP contribution in [0.5, 0.6) is 0 Å². The molecule has 0 aromatic carbocycles. The first-order valence-electron chi connectivity index (χ1n) is 8.21. The van der Waals surface area contributed by atoms with Crippen molar-refractivity contribution in [2.45, 2.75) is 39.0 Å². The smallest absolute Gasteiger partial charge is 0.200 e. The number of hydrogen-bond donors (Lipinski definition) is 0. The Morgan fingerprint density at radius 3 is 2.82 bits per heavy atom. The van der Waals surface area contributed by atoms with Crippen molar-refractivity contribution in [1.29, 1.82) is 0 Å². The zero-order valence-corrected chi connectivity index (χ0v) is 13.3.